The average Bonchev–Trinajstić information content (AvgIpc) is 2.86. The first-order valence-corrected chi connectivity index (χ1v) is 5.10. The van der Waals surface area contributed by atoms with Crippen molar-refractivity contribution < 1.29 is 5.11 Å². The van der Waals surface area contributed by atoms with E-state index in [0.29, 0.717) is 11.7 Å². The zero-order chi connectivity index (χ0) is 9.97. The first kappa shape index (κ1) is 9.61. The Morgan fingerprint density at radius 1 is 1.50 bits per heavy atom. The van der Waals surface area contributed by atoms with E-state index in [1.807, 2.05) is 0 Å². The second-order valence-electron chi connectivity index (χ2n) is 3.85. The minimum atomic E-state index is -0.457. The number of aliphatic hydroxyl groups is 1. The summed E-state index contributed by atoms with van der Waals surface area (Å²) in [5, 5.41) is 15.8. The minimum absolute atomic E-state index is 0.109. The molecule has 0 aromatic carbocycles. The van der Waals surface area contributed by atoms with Crippen molar-refractivity contribution in [3.63, 3.8) is 0 Å². The van der Waals surface area contributed by atoms with Gasteiger partial charge in [-0.15, -0.1) is 0 Å². The molecule has 1 heterocycles. The molecule has 1 aliphatic rings. The summed E-state index contributed by atoms with van der Waals surface area (Å²) >= 11 is 0. The number of rotatable bonds is 3. The molecule has 0 bridgehead atoms. The van der Waals surface area contributed by atoms with E-state index >= 15 is 0 Å². The van der Waals surface area contributed by atoms with E-state index < -0.39 is 6.04 Å². The summed E-state index contributed by atoms with van der Waals surface area (Å²) in [7, 11) is 0. The maximum absolute atomic E-state index is 8.84. The quantitative estimate of drug-likeness (QED) is 0.655. The van der Waals surface area contributed by atoms with Gasteiger partial charge < -0.3 is 10.8 Å². The van der Waals surface area contributed by atoms with Gasteiger partial charge in [0.2, 0.25) is 0 Å². The molecule has 1 aliphatic carbocycles. The summed E-state index contributed by atoms with van der Waals surface area (Å²) < 4.78 is 0. The number of hydrogen-bond donors (Lipinski definition) is 3. The molecule has 0 aliphatic heterocycles. The van der Waals surface area contributed by atoms with Crippen molar-refractivity contribution in [2.24, 2.45) is 5.73 Å². The number of aliphatic hydroxyl groups excluding tert-OH is 1. The minimum Gasteiger partial charge on any atom is -0.394 e. The lowest BCUT2D eigenvalue weighted by atomic mass is 10.1. The lowest BCUT2D eigenvalue weighted by molar-refractivity contribution is 0.263. The topological polar surface area (TPSA) is 87.8 Å². The lowest BCUT2D eigenvalue weighted by Crippen LogP contribution is -2.16. The van der Waals surface area contributed by atoms with Gasteiger partial charge in [0, 0.05) is 5.92 Å². The molecule has 1 atom stereocenters. The number of nitrogens with zero attached hydrogens (tertiary/aromatic N) is 2. The van der Waals surface area contributed by atoms with Crippen LogP contribution in [0.15, 0.2) is 0 Å². The number of nitrogens with one attached hydrogen (secondary N) is 1. The zero-order valence-corrected chi connectivity index (χ0v) is 8.11. The maximum Gasteiger partial charge on any atom is 0.169 e. The molecule has 5 heteroatoms. The molecule has 0 saturated heterocycles. The summed E-state index contributed by atoms with van der Waals surface area (Å²) in [4.78, 5) is 4.31. The number of nitrogens with two attached hydrogens (primary N) is 1. The third kappa shape index (κ3) is 1.78. The smallest absolute Gasteiger partial charge is 0.169 e. The van der Waals surface area contributed by atoms with Crippen LogP contribution in [0.4, 0.5) is 0 Å². The first-order valence-electron chi connectivity index (χ1n) is 5.10. The molecule has 2 rings (SSSR count). The van der Waals surface area contributed by atoms with Crippen molar-refractivity contribution >= 4 is 0 Å². The fourth-order valence-electron chi connectivity index (χ4n) is 1.92. The standard InChI is InChI=1S/C9H16N4O/c10-7(5-14)9-11-8(12-13-9)6-3-1-2-4-6/h6-7,14H,1-5,10H2,(H,11,12,13)/t7-/m0/s1. The van der Waals surface area contributed by atoms with Crippen molar-refractivity contribution in [3.8, 4) is 0 Å². The molecule has 0 radical (unpaired) electrons. The third-order valence-corrected chi connectivity index (χ3v) is 2.79. The van der Waals surface area contributed by atoms with E-state index in [-0.39, 0.29) is 6.61 Å². The number of aromatic amines is 1. The highest BCUT2D eigenvalue weighted by Gasteiger charge is 2.21. The van der Waals surface area contributed by atoms with Gasteiger partial charge in [0.25, 0.3) is 0 Å². The molecule has 4 N–H and O–H groups in total. The SMILES string of the molecule is N[C@@H](CO)c1n[nH]c(C2CCCC2)n1. The summed E-state index contributed by atoms with van der Waals surface area (Å²) in [6, 6.07) is -0.457. The monoisotopic (exact) mass is 196 g/mol. The van der Waals surface area contributed by atoms with E-state index in [2.05, 4.69) is 15.2 Å². The molecule has 14 heavy (non-hydrogen) atoms. The van der Waals surface area contributed by atoms with Gasteiger partial charge in [0.15, 0.2) is 5.82 Å². The van der Waals surface area contributed by atoms with E-state index in [4.69, 9.17) is 10.8 Å². The average molecular weight is 196 g/mol. The maximum atomic E-state index is 8.84. The van der Waals surface area contributed by atoms with Gasteiger partial charge in [-0.05, 0) is 12.8 Å². The van der Waals surface area contributed by atoms with Gasteiger partial charge in [-0.1, -0.05) is 12.8 Å². The Kier molecular flexibility index (Phi) is 2.79. The molecule has 1 aromatic heterocycles. The van der Waals surface area contributed by atoms with Crippen molar-refractivity contribution in [2.45, 2.75) is 37.6 Å². The van der Waals surface area contributed by atoms with Crippen LogP contribution in [0.5, 0.6) is 0 Å². The fraction of sp³-hybridized carbons (Fsp3) is 0.778. The Morgan fingerprint density at radius 3 is 2.86 bits per heavy atom. The molecular weight excluding hydrogens is 180 g/mol. The van der Waals surface area contributed by atoms with Gasteiger partial charge in [0.05, 0.1) is 12.6 Å². The van der Waals surface area contributed by atoms with Crippen LogP contribution in [0, 0.1) is 0 Å². The molecule has 78 valence electrons. The van der Waals surface area contributed by atoms with Crippen LogP contribution in [-0.2, 0) is 0 Å². The molecule has 1 fully saturated rings. The van der Waals surface area contributed by atoms with Gasteiger partial charge in [0.1, 0.15) is 5.82 Å². The Labute approximate surface area is 82.7 Å². The third-order valence-electron chi connectivity index (χ3n) is 2.79. The molecule has 0 unspecified atom stereocenters. The van der Waals surface area contributed by atoms with Crippen LogP contribution < -0.4 is 5.73 Å². The molecular formula is C9H16N4O. The van der Waals surface area contributed by atoms with Gasteiger partial charge in [-0.2, -0.15) is 5.10 Å². The van der Waals surface area contributed by atoms with Crippen LogP contribution in [0.3, 0.4) is 0 Å². The van der Waals surface area contributed by atoms with Gasteiger partial charge >= 0.3 is 0 Å². The summed E-state index contributed by atoms with van der Waals surface area (Å²) in [5.74, 6) is 1.97. The second-order valence-corrected chi connectivity index (χ2v) is 3.85. The van der Waals surface area contributed by atoms with Crippen LogP contribution in [0.2, 0.25) is 0 Å². The molecule has 1 aromatic rings. The lowest BCUT2D eigenvalue weighted by Gasteiger charge is -2.03. The van der Waals surface area contributed by atoms with Crippen molar-refractivity contribution in [1.29, 1.82) is 0 Å². The predicted octanol–water partition coefficient (Wildman–Crippen LogP) is 0.454. The van der Waals surface area contributed by atoms with Gasteiger partial charge in [-0.3, -0.25) is 5.10 Å². The van der Waals surface area contributed by atoms with E-state index in [1.54, 1.807) is 0 Å². The highest BCUT2D eigenvalue weighted by Crippen LogP contribution is 2.31. The summed E-state index contributed by atoms with van der Waals surface area (Å²) in [6.07, 6.45) is 4.91. The Hall–Kier alpha value is -0.940. The first-order chi connectivity index (χ1) is 6.81. The summed E-state index contributed by atoms with van der Waals surface area (Å²) in [6.45, 7) is -0.109. The largest absolute Gasteiger partial charge is 0.394 e. The number of hydrogen-bond acceptors (Lipinski definition) is 4. The van der Waals surface area contributed by atoms with Crippen molar-refractivity contribution in [3.05, 3.63) is 11.6 Å². The Morgan fingerprint density at radius 2 is 2.21 bits per heavy atom. The number of H-pyrrole nitrogens is 1. The molecule has 0 amide bonds. The van der Waals surface area contributed by atoms with Crippen LogP contribution in [0.25, 0.3) is 0 Å². The van der Waals surface area contributed by atoms with Crippen molar-refractivity contribution in [2.75, 3.05) is 6.61 Å². The summed E-state index contributed by atoms with van der Waals surface area (Å²) in [5.41, 5.74) is 5.61. The highest BCUT2D eigenvalue weighted by molar-refractivity contribution is 5.02. The zero-order valence-electron chi connectivity index (χ0n) is 8.11. The fourth-order valence-corrected chi connectivity index (χ4v) is 1.92. The number of aromatic nitrogens is 3. The Balaban J connectivity index is 2.08. The molecule has 1 saturated carbocycles. The normalized spacial score (nSPS) is 20.1. The highest BCUT2D eigenvalue weighted by atomic mass is 16.3. The van der Waals surface area contributed by atoms with E-state index in [1.165, 1.54) is 25.7 Å². The molecule has 0 spiro atoms. The van der Waals surface area contributed by atoms with Crippen molar-refractivity contribution in [1.82, 2.24) is 15.2 Å². The van der Waals surface area contributed by atoms with E-state index in [0.717, 1.165) is 5.82 Å². The van der Waals surface area contributed by atoms with Crippen LogP contribution >= 0.6 is 0 Å². The second kappa shape index (κ2) is 4.06. The van der Waals surface area contributed by atoms with Gasteiger partial charge in [-0.25, -0.2) is 4.98 Å². The molecule has 5 nitrogen and oxygen atoms in total. The van der Waals surface area contributed by atoms with E-state index in [9.17, 15) is 0 Å². The van der Waals surface area contributed by atoms with Crippen LogP contribution in [0.1, 0.15) is 49.3 Å². The Bertz CT molecular complexity index is 293. The predicted molar refractivity (Wildman–Crippen MR) is 51.6 cm³/mol. The van der Waals surface area contributed by atoms with Crippen LogP contribution in [-0.4, -0.2) is 26.9 Å².